The first-order chi connectivity index (χ1) is 20.3. The second-order valence-corrected chi connectivity index (χ2v) is 11.7. The van der Waals surface area contributed by atoms with Crippen molar-refractivity contribution in [1.29, 1.82) is 0 Å². The molecule has 0 aliphatic rings. The van der Waals surface area contributed by atoms with E-state index in [4.69, 9.17) is 15.2 Å². The molecule has 0 aliphatic carbocycles. The summed E-state index contributed by atoms with van der Waals surface area (Å²) in [5, 5.41) is 11.4. The SMILES string of the molecule is COC[C@@H](c1cc(F)cc(F)c1)n1c(COC(C)C)nc(=O)c(S(=O)(=O)c2ccc(-c3ccccc3C(N)=O)cc2)c1O. The van der Waals surface area contributed by atoms with Crippen LogP contribution in [0.1, 0.15) is 41.6 Å². The highest BCUT2D eigenvalue weighted by molar-refractivity contribution is 7.91. The lowest BCUT2D eigenvalue weighted by molar-refractivity contribution is 0.0554. The average molecular weight is 614 g/mol. The summed E-state index contributed by atoms with van der Waals surface area (Å²) < 4.78 is 67.8. The Morgan fingerprint density at radius 1 is 1.05 bits per heavy atom. The van der Waals surface area contributed by atoms with E-state index in [9.17, 15) is 31.9 Å². The van der Waals surface area contributed by atoms with Crippen molar-refractivity contribution in [3.63, 3.8) is 0 Å². The number of sulfone groups is 1. The fourth-order valence-corrected chi connectivity index (χ4v) is 5.93. The summed E-state index contributed by atoms with van der Waals surface area (Å²) in [6.45, 7) is 2.79. The third-order valence-electron chi connectivity index (χ3n) is 6.52. The lowest BCUT2D eigenvalue weighted by atomic mass is 9.99. The molecule has 0 unspecified atom stereocenters. The Kier molecular flexibility index (Phi) is 9.38. The summed E-state index contributed by atoms with van der Waals surface area (Å²) >= 11 is 0. The van der Waals surface area contributed by atoms with Crippen LogP contribution in [0.5, 0.6) is 5.88 Å². The molecule has 1 heterocycles. The molecule has 10 nitrogen and oxygen atoms in total. The number of rotatable bonds is 11. The summed E-state index contributed by atoms with van der Waals surface area (Å²) in [6, 6.07) is 13.2. The molecule has 1 atom stereocenters. The molecule has 0 saturated heterocycles. The van der Waals surface area contributed by atoms with Crippen molar-refractivity contribution >= 4 is 15.7 Å². The normalized spacial score (nSPS) is 12.4. The number of ether oxygens (including phenoxy) is 2. The highest BCUT2D eigenvalue weighted by Gasteiger charge is 2.33. The quantitative estimate of drug-likeness (QED) is 0.258. The minimum Gasteiger partial charge on any atom is -0.493 e. The number of benzene rings is 3. The van der Waals surface area contributed by atoms with Gasteiger partial charge < -0.3 is 20.3 Å². The van der Waals surface area contributed by atoms with Crippen LogP contribution in [0.4, 0.5) is 8.78 Å². The van der Waals surface area contributed by atoms with Gasteiger partial charge in [0.25, 0.3) is 5.56 Å². The molecule has 0 bridgehead atoms. The lowest BCUT2D eigenvalue weighted by Crippen LogP contribution is -2.30. The van der Waals surface area contributed by atoms with Crippen molar-refractivity contribution < 1.29 is 36.6 Å². The predicted molar refractivity (Wildman–Crippen MR) is 152 cm³/mol. The van der Waals surface area contributed by atoms with E-state index < -0.39 is 49.8 Å². The van der Waals surface area contributed by atoms with Gasteiger partial charge in [-0.25, -0.2) is 17.2 Å². The van der Waals surface area contributed by atoms with Gasteiger partial charge in [-0.3, -0.25) is 14.2 Å². The minimum atomic E-state index is -4.71. The number of primary amides is 1. The van der Waals surface area contributed by atoms with Crippen molar-refractivity contribution in [3.05, 3.63) is 106 Å². The molecule has 0 spiro atoms. The van der Waals surface area contributed by atoms with Crippen molar-refractivity contribution in [2.24, 2.45) is 5.73 Å². The second kappa shape index (κ2) is 12.8. The molecule has 226 valence electrons. The summed E-state index contributed by atoms with van der Waals surface area (Å²) in [5.41, 5.74) is 5.34. The van der Waals surface area contributed by atoms with Crippen LogP contribution in [0.2, 0.25) is 0 Å². The Labute approximate surface area is 246 Å². The van der Waals surface area contributed by atoms with E-state index in [1.165, 1.54) is 37.4 Å². The third-order valence-corrected chi connectivity index (χ3v) is 8.31. The maximum atomic E-state index is 14.2. The van der Waals surface area contributed by atoms with Crippen LogP contribution < -0.4 is 11.3 Å². The maximum Gasteiger partial charge on any atom is 0.296 e. The number of halogens is 2. The van der Waals surface area contributed by atoms with Crippen LogP contribution in [0, 0.1) is 11.6 Å². The summed E-state index contributed by atoms with van der Waals surface area (Å²) in [4.78, 5) is 27.6. The summed E-state index contributed by atoms with van der Waals surface area (Å²) in [6.07, 6.45) is -0.346. The van der Waals surface area contributed by atoms with Gasteiger partial charge in [-0.15, -0.1) is 0 Å². The van der Waals surface area contributed by atoms with E-state index in [2.05, 4.69) is 4.98 Å². The zero-order valence-corrected chi connectivity index (χ0v) is 24.3. The molecule has 0 fully saturated rings. The number of carbonyl (C=O) groups is 1. The number of carbonyl (C=O) groups excluding carboxylic acids is 1. The van der Waals surface area contributed by atoms with Gasteiger partial charge in [0.1, 0.15) is 24.1 Å². The molecule has 0 saturated carbocycles. The highest BCUT2D eigenvalue weighted by atomic mass is 32.2. The standard InChI is InChI=1S/C30H29F2N3O7S/c1-17(2)42-16-26-34-29(37)27(30(38)35(26)25(15-41-3)19-12-20(31)14-21(32)13-19)43(39,40)22-10-8-18(9-11-22)23-6-4-5-7-24(23)28(33)36/h4-14,17,25,38H,15-16H2,1-3H3,(H2,33,36)/t25-/m0/s1. The van der Waals surface area contributed by atoms with E-state index >= 15 is 0 Å². The first kappa shape index (κ1) is 31.5. The van der Waals surface area contributed by atoms with E-state index in [1.807, 2.05) is 0 Å². The first-order valence-corrected chi connectivity index (χ1v) is 14.5. The van der Waals surface area contributed by atoms with E-state index in [0.29, 0.717) is 17.2 Å². The van der Waals surface area contributed by atoms with Crippen LogP contribution in [0.3, 0.4) is 0 Å². The number of aromatic nitrogens is 2. The van der Waals surface area contributed by atoms with Crippen LogP contribution in [-0.4, -0.2) is 48.8 Å². The van der Waals surface area contributed by atoms with Crippen LogP contribution >= 0.6 is 0 Å². The van der Waals surface area contributed by atoms with Gasteiger partial charge in [0.05, 0.1) is 23.6 Å². The van der Waals surface area contributed by atoms with Crippen molar-refractivity contribution in [2.45, 2.75) is 42.4 Å². The van der Waals surface area contributed by atoms with Gasteiger partial charge in [-0.05, 0) is 60.9 Å². The molecule has 1 aromatic heterocycles. The van der Waals surface area contributed by atoms with Crippen molar-refractivity contribution in [1.82, 2.24) is 9.55 Å². The van der Waals surface area contributed by atoms with E-state index in [1.54, 1.807) is 32.0 Å². The minimum absolute atomic E-state index is 0.0216. The number of hydrogen-bond acceptors (Lipinski definition) is 8. The van der Waals surface area contributed by atoms with Gasteiger partial charge >= 0.3 is 0 Å². The molecule has 3 aromatic carbocycles. The molecule has 4 aromatic rings. The maximum absolute atomic E-state index is 14.2. The van der Waals surface area contributed by atoms with Crippen LogP contribution in [0.25, 0.3) is 11.1 Å². The van der Waals surface area contributed by atoms with E-state index in [0.717, 1.165) is 16.7 Å². The molecular formula is C30H29F2N3O7S. The van der Waals surface area contributed by atoms with Crippen molar-refractivity contribution in [3.8, 4) is 17.0 Å². The first-order valence-electron chi connectivity index (χ1n) is 13.0. The Bertz CT molecular complexity index is 1800. The molecule has 0 radical (unpaired) electrons. The highest BCUT2D eigenvalue weighted by Crippen LogP contribution is 2.33. The smallest absolute Gasteiger partial charge is 0.296 e. The number of nitrogens with two attached hydrogens (primary N) is 1. The summed E-state index contributed by atoms with van der Waals surface area (Å²) in [5.74, 6) is -3.72. The number of nitrogens with zero attached hydrogens (tertiary/aromatic N) is 2. The number of hydrogen-bond donors (Lipinski definition) is 2. The van der Waals surface area contributed by atoms with Crippen LogP contribution in [0.15, 0.2) is 81.3 Å². The molecule has 13 heteroatoms. The molecular weight excluding hydrogens is 584 g/mol. The Morgan fingerprint density at radius 2 is 1.67 bits per heavy atom. The predicted octanol–water partition coefficient (Wildman–Crippen LogP) is 3.99. The van der Waals surface area contributed by atoms with Gasteiger partial charge in [-0.1, -0.05) is 30.3 Å². The van der Waals surface area contributed by atoms with Crippen molar-refractivity contribution in [2.75, 3.05) is 13.7 Å². The average Bonchev–Trinajstić information content (AvgIpc) is 2.94. The van der Waals surface area contributed by atoms with Gasteiger partial charge in [0, 0.05) is 18.7 Å². The van der Waals surface area contributed by atoms with Crippen LogP contribution in [-0.2, 0) is 25.9 Å². The topological polar surface area (TPSA) is 151 Å². The van der Waals surface area contributed by atoms with Gasteiger partial charge in [-0.2, -0.15) is 4.98 Å². The molecule has 4 rings (SSSR count). The Morgan fingerprint density at radius 3 is 2.26 bits per heavy atom. The largest absolute Gasteiger partial charge is 0.493 e. The fraction of sp³-hybridized carbons (Fsp3) is 0.233. The third kappa shape index (κ3) is 6.63. The number of aromatic hydroxyl groups is 1. The second-order valence-electron chi connectivity index (χ2n) is 9.83. The zero-order valence-electron chi connectivity index (χ0n) is 23.5. The summed E-state index contributed by atoms with van der Waals surface area (Å²) in [7, 11) is -3.41. The number of methoxy groups -OCH3 is 1. The molecule has 0 aliphatic heterocycles. The fourth-order valence-electron chi connectivity index (χ4n) is 4.58. The van der Waals surface area contributed by atoms with Gasteiger partial charge in [0.2, 0.25) is 21.6 Å². The monoisotopic (exact) mass is 613 g/mol. The molecule has 1 amide bonds. The number of amides is 1. The Balaban J connectivity index is 1.90. The lowest BCUT2D eigenvalue weighted by Gasteiger charge is -2.26. The zero-order chi connectivity index (χ0) is 31.5. The molecule has 43 heavy (non-hydrogen) atoms. The van der Waals surface area contributed by atoms with Gasteiger partial charge in [0.15, 0.2) is 4.90 Å². The van der Waals surface area contributed by atoms with E-state index in [-0.39, 0.29) is 41.2 Å². The Hall–Kier alpha value is -4.46. The molecule has 3 N–H and O–H groups in total.